The molecule has 1 aliphatic heterocycles. The zero-order valence-electron chi connectivity index (χ0n) is 15.8. The number of carbonyl (C=O) groups excluding carboxylic acids is 1. The van der Waals surface area contributed by atoms with Crippen molar-refractivity contribution < 1.29 is 9.21 Å². The van der Waals surface area contributed by atoms with Crippen molar-refractivity contribution in [2.75, 3.05) is 18.4 Å². The van der Waals surface area contributed by atoms with Crippen LogP contribution in [0.5, 0.6) is 0 Å². The number of piperidine rings is 1. The number of rotatable bonds is 3. The molecule has 1 aliphatic rings. The van der Waals surface area contributed by atoms with Gasteiger partial charge in [-0.05, 0) is 69.1 Å². The van der Waals surface area contributed by atoms with Crippen molar-refractivity contribution in [3.05, 3.63) is 61.6 Å². The van der Waals surface area contributed by atoms with E-state index in [1.165, 1.54) is 0 Å². The molecule has 0 aliphatic carbocycles. The fraction of sp³-hybridized carbons (Fsp3) is 0.350. The SMILES string of the molecule is Cc1cc2[nH]c(=O)[nH]c2cc1NC(=O)c1c(C)cc(C2CCNCC2)oc1=O. The lowest BCUT2D eigenvalue weighted by Gasteiger charge is -2.22. The molecule has 2 aromatic heterocycles. The Morgan fingerprint density at radius 3 is 2.39 bits per heavy atom. The number of nitrogens with one attached hydrogen (secondary N) is 4. The van der Waals surface area contributed by atoms with E-state index in [4.69, 9.17) is 4.42 Å². The molecule has 1 aromatic carbocycles. The molecule has 8 heteroatoms. The second kappa shape index (κ2) is 7.12. The Morgan fingerprint density at radius 2 is 1.71 bits per heavy atom. The normalized spacial score (nSPS) is 15.1. The minimum atomic E-state index is -0.625. The van der Waals surface area contributed by atoms with E-state index in [1.54, 1.807) is 25.1 Å². The molecule has 0 spiro atoms. The molecule has 1 fully saturated rings. The fourth-order valence-corrected chi connectivity index (χ4v) is 3.72. The highest BCUT2D eigenvalue weighted by Crippen LogP contribution is 2.26. The van der Waals surface area contributed by atoms with Crippen LogP contribution in [0, 0.1) is 13.8 Å². The highest BCUT2D eigenvalue weighted by molar-refractivity contribution is 6.06. The average Bonchev–Trinajstić information content (AvgIpc) is 3.01. The third-order valence-electron chi connectivity index (χ3n) is 5.25. The number of hydrogen-bond acceptors (Lipinski definition) is 5. The van der Waals surface area contributed by atoms with Crippen molar-refractivity contribution in [2.24, 2.45) is 0 Å². The Kier molecular flexibility index (Phi) is 4.64. The molecular weight excluding hydrogens is 360 g/mol. The van der Waals surface area contributed by atoms with Gasteiger partial charge in [-0.1, -0.05) is 0 Å². The van der Waals surface area contributed by atoms with Crippen molar-refractivity contribution in [1.82, 2.24) is 15.3 Å². The summed E-state index contributed by atoms with van der Waals surface area (Å²) in [6.45, 7) is 5.34. The van der Waals surface area contributed by atoms with Crippen LogP contribution in [0.4, 0.5) is 5.69 Å². The Balaban J connectivity index is 1.64. The van der Waals surface area contributed by atoms with Gasteiger partial charge < -0.3 is 25.0 Å². The Bertz CT molecular complexity index is 1170. The molecule has 0 atom stereocenters. The molecule has 0 radical (unpaired) electrons. The van der Waals surface area contributed by atoms with Crippen molar-refractivity contribution in [3.8, 4) is 0 Å². The molecule has 3 heterocycles. The molecule has 28 heavy (non-hydrogen) atoms. The molecule has 3 aromatic rings. The van der Waals surface area contributed by atoms with E-state index in [9.17, 15) is 14.4 Å². The van der Waals surface area contributed by atoms with Gasteiger partial charge >= 0.3 is 11.3 Å². The number of imidazole rings is 1. The summed E-state index contributed by atoms with van der Waals surface area (Å²) in [7, 11) is 0. The van der Waals surface area contributed by atoms with E-state index in [2.05, 4.69) is 20.6 Å². The maximum atomic E-state index is 12.8. The first-order chi connectivity index (χ1) is 13.4. The average molecular weight is 382 g/mol. The molecule has 4 rings (SSSR count). The molecule has 4 N–H and O–H groups in total. The van der Waals surface area contributed by atoms with Crippen molar-refractivity contribution >= 4 is 22.6 Å². The number of amides is 1. The minimum absolute atomic E-state index is 0.000238. The van der Waals surface area contributed by atoms with E-state index in [0.29, 0.717) is 28.0 Å². The van der Waals surface area contributed by atoms with Crippen LogP contribution in [0.3, 0.4) is 0 Å². The van der Waals surface area contributed by atoms with Crippen LogP contribution < -0.4 is 21.9 Å². The molecule has 1 amide bonds. The lowest BCUT2D eigenvalue weighted by Crippen LogP contribution is -2.28. The first-order valence-corrected chi connectivity index (χ1v) is 9.31. The van der Waals surface area contributed by atoms with E-state index >= 15 is 0 Å². The van der Waals surface area contributed by atoms with Crippen molar-refractivity contribution in [2.45, 2.75) is 32.6 Å². The largest absolute Gasteiger partial charge is 0.427 e. The summed E-state index contributed by atoms with van der Waals surface area (Å²) >= 11 is 0. The van der Waals surface area contributed by atoms with Crippen LogP contribution in [0.25, 0.3) is 11.0 Å². The molecule has 1 saturated heterocycles. The zero-order chi connectivity index (χ0) is 19.8. The molecule has 0 bridgehead atoms. The van der Waals surface area contributed by atoms with Crippen LogP contribution in [-0.4, -0.2) is 29.0 Å². The Hall–Kier alpha value is -3.13. The number of H-pyrrole nitrogens is 2. The van der Waals surface area contributed by atoms with Gasteiger partial charge in [0.1, 0.15) is 11.3 Å². The van der Waals surface area contributed by atoms with Gasteiger partial charge in [-0.25, -0.2) is 9.59 Å². The number of aromatic amines is 2. The number of carbonyl (C=O) groups is 1. The molecule has 8 nitrogen and oxygen atoms in total. The number of hydrogen-bond donors (Lipinski definition) is 4. The number of benzene rings is 1. The summed E-state index contributed by atoms with van der Waals surface area (Å²) in [5.41, 5.74) is 2.18. The van der Waals surface area contributed by atoms with E-state index in [1.807, 2.05) is 6.92 Å². The van der Waals surface area contributed by atoms with Gasteiger partial charge in [-0.15, -0.1) is 0 Å². The summed E-state index contributed by atoms with van der Waals surface area (Å²) in [4.78, 5) is 42.1. The summed E-state index contributed by atoms with van der Waals surface area (Å²) < 4.78 is 5.49. The fourth-order valence-electron chi connectivity index (χ4n) is 3.72. The highest BCUT2D eigenvalue weighted by atomic mass is 16.4. The first-order valence-electron chi connectivity index (χ1n) is 9.31. The van der Waals surface area contributed by atoms with E-state index in [-0.39, 0.29) is 17.2 Å². The quantitative estimate of drug-likeness (QED) is 0.553. The van der Waals surface area contributed by atoms with Gasteiger partial charge in [-0.2, -0.15) is 0 Å². The Morgan fingerprint density at radius 1 is 1.04 bits per heavy atom. The minimum Gasteiger partial charge on any atom is -0.427 e. The van der Waals surface area contributed by atoms with Gasteiger partial charge in [0.25, 0.3) is 5.91 Å². The predicted octanol–water partition coefficient (Wildman–Crippen LogP) is 2.15. The number of aryl methyl sites for hydroxylation is 2. The van der Waals surface area contributed by atoms with Gasteiger partial charge in [0.05, 0.1) is 11.0 Å². The standard InChI is InChI=1S/C20H22N4O4/c1-10-7-14-15(24-20(27)23-14)9-13(10)22-18(25)17-11(2)8-16(28-19(17)26)12-3-5-21-6-4-12/h7-9,12,21H,3-6H2,1-2H3,(H,22,25)(H2,23,24,27). The van der Waals surface area contributed by atoms with E-state index in [0.717, 1.165) is 31.5 Å². The lowest BCUT2D eigenvalue weighted by molar-refractivity contribution is 0.102. The smallest absolute Gasteiger partial charge is 0.349 e. The maximum Gasteiger partial charge on any atom is 0.349 e. The zero-order valence-corrected chi connectivity index (χ0v) is 15.8. The summed E-state index contributed by atoms with van der Waals surface area (Å²) in [6.07, 6.45) is 1.81. The molecular formula is C20H22N4O4. The predicted molar refractivity (Wildman–Crippen MR) is 106 cm³/mol. The topological polar surface area (TPSA) is 120 Å². The first kappa shape index (κ1) is 18.2. The van der Waals surface area contributed by atoms with Gasteiger partial charge in [-0.3, -0.25) is 4.79 Å². The molecule has 0 unspecified atom stereocenters. The van der Waals surface area contributed by atoms with Gasteiger partial charge in [0.15, 0.2) is 0 Å². The third kappa shape index (κ3) is 3.38. The van der Waals surface area contributed by atoms with Crippen LogP contribution in [0.15, 0.2) is 32.2 Å². The third-order valence-corrected chi connectivity index (χ3v) is 5.25. The van der Waals surface area contributed by atoms with Crippen LogP contribution in [-0.2, 0) is 0 Å². The Labute approximate surface area is 160 Å². The monoisotopic (exact) mass is 382 g/mol. The van der Waals surface area contributed by atoms with Gasteiger partial charge in [0.2, 0.25) is 0 Å². The molecule has 0 saturated carbocycles. The second-order valence-corrected chi connectivity index (χ2v) is 7.26. The van der Waals surface area contributed by atoms with Gasteiger partial charge in [0, 0.05) is 11.6 Å². The summed E-state index contributed by atoms with van der Waals surface area (Å²) in [5, 5.41) is 6.05. The second-order valence-electron chi connectivity index (χ2n) is 7.26. The number of anilines is 1. The van der Waals surface area contributed by atoms with Crippen molar-refractivity contribution in [1.29, 1.82) is 0 Å². The molecule has 146 valence electrons. The maximum absolute atomic E-state index is 12.8. The summed E-state index contributed by atoms with van der Waals surface area (Å²) in [5.74, 6) is 0.311. The number of aromatic nitrogens is 2. The van der Waals surface area contributed by atoms with E-state index < -0.39 is 11.5 Å². The van der Waals surface area contributed by atoms with Crippen LogP contribution in [0.1, 0.15) is 46.0 Å². The van der Waals surface area contributed by atoms with Crippen molar-refractivity contribution in [3.63, 3.8) is 0 Å². The number of fused-ring (bicyclic) bond motifs is 1. The highest BCUT2D eigenvalue weighted by Gasteiger charge is 2.23. The lowest BCUT2D eigenvalue weighted by atomic mass is 9.94. The van der Waals surface area contributed by atoms with Crippen LogP contribution >= 0.6 is 0 Å². The van der Waals surface area contributed by atoms with Crippen LogP contribution in [0.2, 0.25) is 0 Å². The summed E-state index contributed by atoms with van der Waals surface area (Å²) in [6, 6.07) is 5.23.